The molecule has 0 spiro atoms. The molecule has 1 atom stereocenters. The number of nitro groups is 1. The standard InChI is InChI=1S/C12H15F2N3O3/c1-3-15-6-7(2)12(18)16-11-9(14)4-8(13)5-10(11)17(19)20/h4-5,7,15H,3,6H2,1-2H3,(H,16,18). The minimum atomic E-state index is -1.18. The van der Waals surface area contributed by atoms with Crippen LogP contribution in [0.2, 0.25) is 0 Å². The molecular formula is C12H15F2N3O3. The van der Waals surface area contributed by atoms with E-state index in [4.69, 9.17) is 0 Å². The van der Waals surface area contributed by atoms with Crippen LogP contribution in [-0.4, -0.2) is 23.9 Å². The summed E-state index contributed by atoms with van der Waals surface area (Å²) in [5.41, 5.74) is -1.43. The van der Waals surface area contributed by atoms with Gasteiger partial charge in [-0.15, -0.1) is 0 Å². The van der Waals surface area contributed by atoms with Crippen LogP contribution < -0.4 is 10.6 Å². The predicted molar refractivity (Wildman–Crippen MR) is 69.3 cm³/mol. The first-order valence-corrected chi connectivity index (χ1v) is 6.01. The Kier molecular flexibility index (Phi) is 5.51. The number of nitrogens with one attached hydrogen (secondary N) is 2. The fraction of sp³-hybridized carbons (Fsp3) is 0.417. The molecule has 0 fully saturated rings. The number of nitrogens with zero attached hydrogens (tertiary/aromatic N) is 1. The number of carbonyl (C=O) groups excluding carboxylic acids is 1. The maximum atomic E-state index is 13.6. The van der Waals surface area contributed by atoms with Crippen LogP contribution in [-0.2, 0) is 4.79 Å². The van der Waals surface area contributed by atoms with E-state index < -0.39 is 39.8 Å². The van der Waals surface area contributed by atoms with Crippen LogP contribution in [0.25, 0.3) is 0 Å². The third kappa shape index (κ3) is 3.95. The van der Waals surface area contributed by atoms with Crippen LogP contribution in [0.15, 0.2) is 12.1 Å². The summed E-state index contributed by atoms with van der Waals surface area (Å²) < 4.78 is 26.5. The lowest BCUT2D eigenvalue weighted by atomic mass is 10.1. The van der Waals surface area contributed by atoms with Gasteiger partial charge in [-0.3, -0.25) is 14.9 Å². The number of hydrogen-bond donors (Lipinski definition) is 2. The Balaban J connectivity index is 2.97. The maximum Gasteiger partial charge on any atom is 0.298 e. The Labute approximate surface area is 114 Å². The summed E-state index contributed by atoms with van der Waals surface area (Å²) in [6, 6.07) is 1.05. The molecule has 6 nitrogen and oxygen atoms in total. The van der Waals surface area contributed by atoms with E-state index in [0.29, 0.717) is 25.2 Å². The van der Waals surface area contributed by atoms with Gasteiger partial charge in [0.05, 0.1) is 11.0 Å². The van der Waals surface area contributed by atoms with Crippen LogP contribution in [0.3, 0.4) is 0 Å². The van der Waals surface area contributed by atoms with Gasteiger partial charge in [-0.25, -0.2) is 8.78 Å². The van der Waals surface area contributed by atoms with Gasteiger partial charge in [0, 0.05) is 18.5 Å². The summed E-state index contributed by atoms with van der Waals surface area (Å²) in [4.78, 5) is 21.6. The van der Waals surface area contributed by atoms with Crippen molar-refractivity contribution in [3.05, 3.63) is 33.9 Å². The van der Waals surface area contributed by atoms with Crippen molar-refractivity contribution in [2.75, 3.05) is 18.4 Å². The Morgan fingerprint density at radius 3 is 2.65 bits per heavy atom. The van der Waals surface area contributed by atoms with Crippen molar-refractivity contribution < 1.29 is 18.5 Å². The first-order valence-electron chi connectivity index (χ1n) is 6.01. The lowest BCUT2D eigenvalue weighted by Gasteiger charge is -2.13. The highest BCUT2D eigenvalue weighted by Crippen LogP contribution is 2.28. The molecule has 1 amide bonds. The van der Waals surface area contributed by atoms with E-state index in [0.717, 1.165) is 0 Å². The molecule has 0 saturated carbocycles. The van der Waals surface area contributed by atoms with Gasteiger partial charge < -0.3 is 10.6 Å². The van der Waals surface area contributed by atoms with Crippen LogP contribution in [0.5, 0.6) is 0 Å². The zero-order valence-electron chi connectivity index (χ0n) is 11.1. The normalized spacial score (nSPS) is 12.0. The van der Waals surface area contributed by atoms with Crippen LogP contribution >= 0.6 is 0 Å². The second-order valence-electron chi connectivity index (χ2n) is 4.24. The van der Waals surface area contributed by atoms with Crippen LogP contribution in [0.4, 0.5) is 20.2 Å². The number of benzene rings is 1. The van der Waals surface area contributed by atoms with E-state index in [1.165, 1.54) is 0 Å². The third-order valence-electron chi connectivity index (χ3n) is 2.63. The van der Waals surface area contributed by atoms with Gasteiger partial charge in [0.2, 0.25) is 5.91 Å². The van der Waals surface area contributed by atoms with E-state index in [9.17, 15) is 23.7 Å². The number of carbonyl (C=O) groups is 1. The quantitative estimate of drug-likeness (QED) is 0.619. The highest BCUT2D eigenvalue weighted by Gasteiger charge is 2.24. The Morgan fingerprint density at radius 1 is 1.45 bits per heavy atom. The molecule has 0 aliphatic heterocycles. The maximum absolute atomic E-state index is 13.6. The average Bonchev–Trinajstić information content (AvgIpc) is 2.38. The molecule has 1 rings (SSSR count). The highest BCUT2D eigenvalue weighted by atomic mass is 19.1. The van der Waals surface area contributed by atoms with Gasteiger partial charge in [-0.1, -0.05) is 13.8 Å². The first kappa shape index (κ1) is 16.0. The highest BCUT2D eigenvalue weighted by molar-refractivity contribution is 5.94. The van der Waals surface area contributed by atoms with Crippen LogP contribution in [0, 0.1) is 27.7 Å². The zero-order valence-corrected chi connectivity index (χ0v) is 11.1. The second-order valence-corrected chi connectivity index (χ2v) is 4.24. The van der Waals surface area contributed by atoms with Crippen LogP contribution in [0.1, 0.15) is 13.8 Å². The molecule has 1 aromatic rings. The van der Waals surface area contributed by atoms with Gasteiger partial charge >= 0.3 is 0 Å². The molecule has 0 bridgehead atoms. The lowest BCUT2D eigenvalue weighted by Crippen LogP contribution is -2.30. The molecule has 0 saturated heterocycles. The summed E-state index contributed by atoms with van der Waals surface area (Å²) in [7, 11) is 0. The topological polar surface area (TPSA) is 84.3 Å². The number of nitro benzene ring substituents is 1. The monoisotopic (exact) mass is 287 g/mol. The molecule has 0 radical (unpaired) electrons. The third-order valence-corrected chi connectivity index (χ3v) is 2.63. The van der Waals surface area contributed by atoms with Crippen molar-refractivity contribution >= 4 is 17.3 Å². The summed E-state index contributed by atoms with van der Waals surface area (Å²) >= 11 is 0. The van der Waals surface area contributed by atoms with Crippen molar-refractivity contribution in [1.29, 1.82) is 0 Å². The van der Waals surface area contributed by atoms with E-state index in [2.05, 4.69) is 10.6 Å². The number of amides is 1. The van der Waals surface area contributed by atoms with E-state index >= 15 is 0 Å². The van der Waals surface area contributed by atoms with E-state index in [1.807, 2.05) is 6.92 Å². The Morgan fingerprint density at radius 2 is 2.10 bits per heavy atom. The molecule has 1 aromatic carbocycles. The summed E-state index contributed by atoms with van der Waals surface area (Å²) in [6.45, 7) is 4.45. The molecular weight excluding hydrogens is 272 g/mol. The SMILES string of the molecule is CCNCC(C)C(=O)Nc1c(F)cc(F)cc1[N+](=O)[O-]. The van der Waals surface area contributed by atoms with Crippen molar-refractivity contribution in [1.82, 2.24) is 5.32 Å². The zero-order chi connectivity index (χ0) is 15.3. The lowest BCUT2D eigenvalue weighted by molar-refractivity contribution is -0.384. The number of hydrogen-bond acceptors (Lipinski definition) is 4. The summed E-state index contributed by atoms with van der Waals surface area (Å²) in [6.07, 6.45) is 0. The van der Waals surface area contributed by atoms with Gasteiger partial charge in [-0.2, -0.15) is 0 Å². The average molecular weight is 287 g/mol. The van der Waals surface area contributed by atoms with Gasteiger partial charge in [0.25, 0.3) is 5.69 Å². The molecule has 0 aliphatic rings. The first-order chi connectivity index (χ1) is 9.36. The fourth-order valence-corrected chi connectivity index (χ4v) is 1.53. The molecule has 0 aromatic heterocycles. The molecule has 8 heteroatoms. The Bertz CT molecular complexity index is 523. The smallest absolute Gasteiger partial charge is 0.298 e. The molecule has 2 N–H and O–H groups in total. The van der Waals surface area contributed by atoms with Crippen molar-refractivity contribution in [2.24, 2.45) is 5.92 Å². The minimum Gasteiger partial charge on any atom is -0.318 e. The van der Waals surface area contributed by atoms with E-state index in [-0.39, 0.29) is 0 Å². The van der Waals surface area contributed by atoms with Crippen molar-refractivity contribution in [2.45, 2.75) is 13.8 Å². The molecule has 20 heavy (non-hydrogen) atoms. The summed E-state index contributed by atoms with van der Waals surface area (Å²) in [5, 5.41) is 15.8. The fourth-order valence-electron chi connectivity index (χ4n) is 1.53. The van der Waals surface area contributed by atoms with Crippen molar-refractivity contribution in [3.63, 3.8) is 0 Å². The van der Waals surface area contributed by atoms with E-state index in [1.54, 1.807) is 6.92 Å². The van der Waals surface area contributed by atoms with Gasteiger partial charge in [0.15, 0.2) is 11.5 Å². The summed E-state index contributed by atoms with van der Waals surface area (Å²) in [5.74, 6) is -3.35. The molecule has 1 unspecified atom stereocenters. The number of rotatable bonds is 6. The molecule has 0 heterocycles. The van der Waals surface area contributed by atoms with Gasteiger partial charge in [0.1, 0.15) is 5.82 Å². The minimum absolute atomic E-state index is 0.346. The molecule has 110 valence electrons. The molecule has 0 aliphatic carbocycles. The number of halogens is 2. The van der Waals surface area contributed by atoms with Gasteiger partial charge in [-0.05, 0) is 6.54 Å². The Hall–Kier alpha value is -2.09. The number of anilines is 1. The van der Waals surface area contributed by atoms with Crippen molar-refractivity contribution in [3.8, 4) is 0 Å². The predicted octanol–water partition coefficient (Wildman–Crippen LogP) is 2.06. The largest absolute Gasteiger partial charge is 0.318 e. The second kappa shape index (κ2) is 6.90.